The summed E-state index contributed by atoms with van der Waals surface area (Å²) in [5.74, 6) is 0. The van der Waals surface area contributed by atoms with Crippen LogP contribution in [0.15, 0.2) is 36.4 Å². The van der Waals surface area contributed by atoms with Gasteiger partial charge in [0.1, 0.15) is 0 Å². The predicted molar refractivity (Wildman–Crippen MR) is 79.6 cm³/mol. The minimum Gasteiger partial charge on any atom is -0.383 e. The maximum Gasteiger partial charge on any atom is 0.0637 e. The van der Waals surface area contributed by atoms with E-state index in [1.54, 1.807) is 7.11 Å². The third-order valence-electron chi connectivity index (χ3n) is 2.96. The summed E-state index contributed by atoms with van der Waals surface area (Å²) in [5, 5.41) is 0. The van der Waals surface area contributed by atoms with Crippen LogP contribution in [0.2, 0.25) is 0 Å². The van der Waals surface area contributed by atoms with E-state index in [4.69, 9.17) is 4.74 Å². The first kappa shape index (κ1) is 13.1. The molecule has 0 fully saturated rings. The van der Waals surface area contributed by atoms with Gasteiger partial charge in [0.2, 0.25) is 0 Å². The molecule has 0 amide bonds. The van der Waals surface area contributed by atoms with Gasteiger partial charge in [0.05, 0.1) is 6.61 Å². The maximum absolute atomic E-state index is 5.09. The van der Waals surface area contributed by atoms with Gasteiger partial charge in [0, 0.05) is 36.1 Å². The molecule has 1 aromatic carbocycles. The summed E-state index contributed by atoms with van der Waals surface area (Å²) in [6.45, 7) is 3.80. The Morgan fingerprint density at radius 3 is 2.39 bits per heavy atom. The van der Waals surface area contributed by atoms with E-state index in [0.717, 1.165) is 13.2 Å². The molecule has 2 aromatic rings. The van der Waals surface area contributed by atoms with E-state index in [1.807, 2.05) is 11.3 Å². The number of hydrogen-bond donors (Lipinski definition) is 0. The second-order valence-electron chi connectivity index (χ2n) is 4.37. The first-order valence-corrected chi connectivity index (χ1v) is 6.89. The lowest BCUT2D eigenvalue weighted by molar-refractivity contribution is 0.206. The number of likely N-dealkylation sites (N-methyl/N-ethyl adjacent to an activating group) is 1. The van der Waals surface area contributed by atoms with E-state index < -0.39 is 0 Å². The standard InChI is InChI=1S/C15H19NOS/c1-12-4-9-15(18-12)13-5-7-14(8-6-13)16(2)10-11-17-3/h4-9H,10-11H2,1-3H3. The molecule has 1 aromatic heterocycles. The zero-order valence-electron chi connectivity index (χ0n) is 11.1. The van der Waals surface area contributed by atoms with Gasteiger partial charge in [0.15, 0.2) is 0 Å². The third-order valence-corrected chi connectivity index (χ3v) is 4.01. The van der Waals surface area contributed by atoms with Crippen molar-refractivity contribution in [3.63, 3.8) is 0 Å². The van der Waals surface area contributed by atoms with Crippen molar-refractivity contribution in [2.75, 3.05) is 32.2 Å². The number of ether oxygens (including phenoxy) is 1. The summed E-state index contributed by atoms with van der Waals surface area (Å²) < 4.78 is 5.09. The van der Waals surface area contributed by atoms with Crippen LogP contribution < -0.4 is 4.90 Å². The SMILES string of the molecule is COCCN(C)c1ccc(-c2ccc(C)s2)cc1. The van der Waals surface area contributed by atoms with Gasteiger partial charge in [-0.1, -0.05) is 12.1 Å². The predicted octanol–water partition coefficient (Wildman–Crippen LogP) is 3.81. The zero-order chi connectivity index (χ0) is 13.0. The molecule has 96 valence electrons. The molecule has 0 radical (unpaired) electrons. The highest BCUT2D eigenvalue weighted by Crippen LogP contribution is 2.28. The number of rotatable bonds is 5. The van der Waals surface area contributed by atoms with Crippen molar-refractivity contribution >= 4 is 17.0 Å². The molecule has 1 heterocycles. The van der Waals surface area contributed by atoms with Gasteiger partial charge in [-0.3, -0.25) is 0 Å². The first-order chi connectivity index (χ1) is 8.70. The van der Waals surface area contributed by atoms with Gasteiger partial charge < -0.3 is 9.64 Å². The molecule has 2 rings (SSSR count). The average Bonchev–Trinajstić information content (AvgIpc) is 2.83. The molecule has 2 nitrogen and oxygen atoms in total. The van der Waals surface area contributed by atoms with Crippen molar-refractivity contribution in [1.29, 1.82) is 0 Å². The molecular weight excluding hydrogens is 242 g/mol. The van der Waals surface area contributed by atoms with Crippen LogP contribution in [0.4, 0.5) is 5.69 Å². The van der Waals surface area contributed by atoms with E-state index in [2.05, 4.69) is 55.3 Å². The fourth-order valence-electron chi connectivity index (χ4n) is 1.83. The molecular formula is C15H19NOS. The Labute approximate surface area is 113 Å². The molecule has 0 atom stereocenters. The molecule has 0 saturated carbocycles. The van der Waals surface area contributed by atoms with Gasteiger partial charge in [-0.25, -0.2) is 0 Å². The molecule has 0 N–H and O–H groups in total. The number of aryl methyl sites for hydroxylation is 1. The average molecular weight is 261 g/mol. The van der Waals surface area contributed by atoms with Gasteiger partial charge in [-0.2, -0.15) is 0 Å². The Balaban J connectivity index is 2.10. The lowest BCUT2D eigenvalue weighted by Gasteiger charge is -2.18. The molecule has 0 unspecified atom stereocenters. The summed E-state index contributed by atoms with van der Waals surface area (Å²) in [5.41, 5.74) is 2.51. The van der Waals surface area contributed by atoms with E-state index in [9.17, 15) is 0 Å². The van der Waals surface area contributed by atoms with Crippen LogP contribution in [0, 0.1) is 6.92 Å². The van der Waals surface area contributed by atoms with Crippen molar-refractivity contribution in [3.05, 3.63) is 41.3 Å². The number of benzene rings is 1. The second-order valence-corrected chi connectivity index (χ2v) is 5.66. The van der Waals surface area contributed by atoms with Crippen LogP contribution in [0.5, 0.6) is 0 Å². The van der Waals surface area contributed by atoms with Gasteiger partial charge >= 0.3 is 0 Å². The Morgan fingerprint density at radius 1 is 1.11 bits per heavy atom. The number of nitrogens with zero attached hydrogens (tertiary/aromatic N) is 1. The van der Waals surface area contributed by atoms with Crippen LogP contribution in [0.25, 0.3) is 10.4 Å². The molecule has 0 spiro atoms. The van der Waals surface area contributed by atoms with E-state index in [1.165, 1.54) is 21.0 Å². The zero-order valence-corrected chi connectivity index (χ0v) is 12.0. The fourth-order valence-corrected chi connectivity index (χ4v) is 2.70. The Bertz CT molecular complexity index is 489. The third kappa shape index (κ3) is 3.12. The minimum absolute atomic E-state index is 0.752. The molecule has 0 saturated heterocycles. The molecule has 18 heavy (non-hydrogen) atoms. The number of methoxy groups -OCH3 is 1. The van der Waals surface area contributed by atoms with Gasteiger partial charge in [-0.05, 0) is 36.8 Å². The van der Waals surface area contributed by atoms with Crippen LogP contribution >= 0.6 is 11.3 Å². The van der Waals surface area contributed by atoms with E-state index in [0.29, 0.717) is 0 Å². The Hall–Kier alpha value is -1.32. The number of anilines is 1. The fraction of sp³-hybridized carbons (Fsp3) is 0.333. The Kier molecular flexibility index (Phi) is 4.39. The monoisotopic (exact) mass is 261 g/mol. The molecule has 0 aliphatic heterocycles. The quantitative estimate of drug-likeness (QED) is 0.811. The number of thiophene rings is 1. The van der Waals surface area contributed by atoms with Crippen molar-refractivity contribution in [2.45, 2.75) is 6.92 Å². The summed E-state index contributed by atoms with van der Waals surface area (Å²) in [6, 6.07) is 13.1. The summed E-state index contributed by atoms with van der Waals surface area (Å²) in [6.07, 6.45) is 0. The largest absolute Gasteiger partial charge is 0.383 e. The van der Waals surface area contributed by atoms with E-state index >= 15 is 0 Å². The van der Waals surface area contributed by atoms with E-state index in [-0.39, 0.29) is 0 Å². The van der Waals surface area contributed by atoms with Crippen molar-refractivity contribution in [1.82, 2.24) is 0 Å². The molecule has 0 aliphatic carbocycles. The van der Waals surface area contributed by atoms with Crippen molar-refractivity contribution < 1.29 is 4.74 Å². The Morgan fingerprint density at radius 2 is 1.83 bits per heavy atom. The minimum atomic E-state index is 0.752. The van der Waals surface area contributed by atoms with Gasteiger partial charge in [0.25, 0.3) is 0 Å². The maximum atomic E-state index is 5.09. The lowest BCUT2D eigenvalue weighted by Crippen LogP contribution is -2.21. The van der Waals surface area contributed by atoms with Crippen LogP contribution in [0.3, 0.4) is 0 Å². The number of hydrogen-bond acceptors (Lipinski definition) is 3. The molecule has 3 heteroatoms. The first-order valence-electron chi connectivity index (χ1n) is 6.07. The highest BCUT2D eigenvalue weighted by Gasteiger charge is 2.03. The normalized spacial score (nSPS) is 10.6. The summed E-state index contributed by atoms with van der Waals surface area (Å²) >= 11 is 1.84. The van der Waals surface area contributed by atoms with Crippen LogP contribution in [-0.2, 0) is 4.74 Å². The van der Waals surface area contributed by atoms with Crippen molar-refractivity contribution in [2.24, 2.45) is 0 Å². The topological polar surface area (TPSA) is 12.5 Å². The van der Waals surface area contributed by atoms with Crippen LogP contribution in [-0.4, -0.2) is 27.3 Å². The summed E-state index contributed by atoms with van der Waals surface area (Å²) in [7, 11) is 3.82. The smallest absolute Gasteiger partial charge is 0.0637 e. The highest BCUT2D eigenvalue weighted by molar-refractivity contribution is 7.15. The highest BCUT2D eigenvalue weighted by atomic mass is 32.1. The van der Waals surface area contributed by atoms with Gasteiger partial charge in [-0.15, -0.1) is 11.3 Å². The summed E-state index contributed by atoms with van der Waals surface area (Å²) in [4.78, 5) is 4.89. The molecule has 0 bridgehead atoms. The molecule has 0 aliphatic rings. The second kappa shape index (κ2) is 6.03. The van der Waals surface area contributed by atoms with Crippen LogP contribution in [0.1, 0.15) is 4.88 Å². The van der Waals surface area contributed by atoms with Crippen molar-refractivity contribution in [3.8, 4) is 10.4 Å². The lowest BCUT2D eigenvalue weighted by atomic mass is 10.1.